The molecule has 0 aliphatic carbocycles. The molecule has 0 saturated heterocycles. The average molecular weight is 342 g/mol. The van der Waals surface area contributed by atoms with Crippen LogP contribution in [0.25, 0.3) is 21.5 Å². The molecule has 3 rings (SSSR count). The molecule has 4 nitrogen and oxygen atoms in total. The maximum atomic E-state index is 11.0. The van der Waals surface area contributed by atoms with Crippen molar-refractivity contribution >= 4 is 28.2 Å². The number of nitrogens with one attached hydrogen (secondary N) is 1. The maximum Gasteiger partial charge on any atom is 0.307 e. The van der Waals surface area contributed by atoms with E-state index in [1.54, 1.807) is 11.3 Å². The molecule has 0 fully saturated rings. The van der Waals surface area contributed by atoms with Crippen LogP contribution in [0.5, 0.6) is 0 Å². The zero-order valence-electron chi connectivity index (χ0n) is 13.8. The number of carbonyl (C=O) groups is 1. The van der Waals surface area contributed by atoms with Crippen molar-refractivity contribution in [3.63, 3.8) is 0 Å². The fraction of sp³-hybridized carbons (Fsp3) is 0.316. The average Bonchev–Trinajstić information content (AvgIpc) is 3.10. The van der Waals surface area contributed by atoms with E-state index < -0.39 is 5.97 Å². The molecule has 5 heteroatoms. The fourth-order valence-electron chi connectivity index (χ4n) is 3.11. The van der Waals surface area contributed by atoms with Crippen LogP contribution in [0.15, 0.2) is 29.6 Å². The van der Waals surface area contributed by atoms with Gasteiger partial charge in [-0.15, -0.1) is 11.3 Å². The van der Waals surface area contributed by atoms with Gasteiger partial charge < -0.3 is 15.8 Å². The zero-order chi connectivity index (χ0) is 17.1. The van der Waals surface area contributed by atoms with Crippen molar-refractivity contribution < 1.29 is 9.90 Å². The molecule has 4 N–H and O–H groups in total. The van der Waals surface area contributed by atoms with E-state index in [-0.39, 0.29) is 6.42 Å². The van der Waals surface area contributed by atoms with Crippen LogP contribution in [0.1, 0.15) is 29.5 Å². The Morgan fingerprint density at radius 3 is 2.79 bits per heavy atom. The number of benzene rings is 1. The number of aliphatic carboxylic acids is 1. The van der Waals surface area contributed by atoms with E-state index in [1.165, 1.54) is 21.7 Å². The minimum absolute atomic E-state index is 0.0523. The third-order valence-electron chi connectivity index (χ3n) is 4.30. The molecule has 126 valence electrons. The Morgan fingerprint density at radius 1 is 1.29 bits per heavy atom. The number of fused-ring (bicyclic) bond motifs is 1. The van der Waals surface area contributed by atoms with Gasteiger partial charge in [-0.2, -0.15) is 0 Å². The number of nitrogens with two attached hydrogens (primary N) is 1. The first-order valence-corrected chi connectivity index (χ1v) is 9.08. The molecule has 0 bridgehead atoms. The number of rotatable bonds is 7. The highest BCUT2D eigenvalue weighted by Crippen LogP contribution is 2.36. The van der Waals surface area contributed by atoms with Gasteiger partial charge in [0, 0.05) is 10.9 Å². The minimum Gasteiger partial charge on any atom is -0.481 e. The summed E-state index contributed by atoms with van der Waals surface area (Å²) in [6.07, 6.45) is 3.02. The van der Waals surface area contributed by atoms with Gasteiger partial charge in [0.25, 0.3) is 0 Å². The number of carboxylic acid groups (broad SMARTS) is 1. The molecule has 3 aromatic rings. The molecule has 24 heavy (non-hydrogen) atoms. The van der Waals surface area contributed by atoms with Gasteiger partial charge in [0.2, 0.25) is 0 Å². The van der Waals surface area contributed by atoms with E-state index in [0.717, 1.165) is 35.7 Å². The van der Waals surface area contributed by atoms with Gasteiger partial charge in [0.05, 0.1) is 17.0 Å². The number of hydrogen-bond donors (Lipinski definition) is 3. The lowest BCUT2D eigenvalue weighted by Crippen LogP contribution is -2.00. The quantitative estimate of drug-likeness (QED) is 0.565. The third-order valence-corrected chi connectivity index (χ3v) is 5.33. The van der Waals surface area contributed by atoms with Crippen molar-refractivity contribution in [1.82, 2.24) is 4.98 Å². The molecule has 0 spiro atoms. The van der Waals surface area contributed by atoms with Crippen LogP contribution >= 0.6 is 11.3 Å². The number of aromatic amines is 1. The lowest BCUT2D eigenvalue weighted by molar-refractivity contribution is -0.136. The second-order valence-corrected chi connectivity index (χ2v) is 7.02. The number of thiophene rings is 1. The second kappa shape index (κ2) is 7.20. The summed E-state index contributed by atoms with van der Waals surface area (Å²) in [5.74, 6) is -0.802. The summed E-state index contributed by atoms with van der Waals surface area (Å²) in [7, 11) is 0. The molecule has 0 unspecified atom stereocenters. The molecule has 2 aromatic heterocycles. The lowest BCUT2D eigenvalue weighted by atomic mass is 10.0. The van der Waals surface area contributed by atoms with Crippen LogP contribution in [0.3, 0.4) is 0 Å². The Morgan fingerprint density at radius 2 is 2.12 bits per heavy atom. The molecule has 0 aliphatic heterocycles. The molecule has 0 aliphatic rings. The third kappa shape index (κ3) is 3.37. The number of aromatic nitrogens is 1. The van der Waals surface area contributed by atoms with Gasteiger partial charge in [-0.1, -0.05) is 6.07 Å². The normalized spacial score (nSPS) is 11.2. The highest BCUT2D eigenvalue weighted by atomic mass is 32.1. The zero-order valence-corrected chi connectivity index (χ0v) is 14.6. The lowest BCUT2D eigenvalue weighted by Gasteiger charge is -2.05. The van der Waals surface area contributed by atoms with Crippen molar-refractivity contribution in [3.05, 3.63) is 46.3 Å². The standard InChI is InChI=1S/C19H22N2O2S/c1-12-7-9-24-19(12)18-14(4-2-3-8-20)15-10-13(11-17(22)23)5-6-16(15)21-18/h5-7,9-10,21H,2-4,8,11,20H2,1H3,(H,22,23). The Balaban J connectivity index is 2.10. The number of hydrogen-bond acceptors (Lipinski definition) is 3. The van der Waals surface area contributed by atoms with E-state index in [9.17, 15) is 4.79 Å². The Hall–Kier alpha value is -2.11. The number of unbranched alkanes of at least 4 members (excludes halogenated alkanes) is 1. The molecular weight excluding hydrogens is 320 g/mol. The Kier molecular flexibility index (Phi) is 5.02. The molecule has 0 radical (unpaired) electrons. The van der Waals surface area contributed by atoms with Gasteiger partial charge >= 0.3 is 5.97 Å². The first-order valence-electron chi connectivity index (χ1n) is 8.20. The van der Waals surface area contributed by atoms with E-state index >= 15 is 0 Å². The topological polar surface area (TPSA) is 79.1 Å². The van der Waals surface area contributed by atoms with Crippen LogP contribution in [0, 0.1) is 6.92 Å². The SMILES string of the molecule is Cc1ccsc1-c1[nH]c2ccc(CC(=O)O)cc2c1CCCCN. The molecule has 2 heterocycles. The van der Waals surface area contributed by atoms with Crippen LogP contribution in [-0.2, 0) is 17.6 Å². The van der Waals surface area contributed by atoms with Crippen molar-refractivity contribution in [3.8, 4) is 10.6 Å². The number of carboxylic acids is 1. The molecule has 0 amide bonds. The maximum absolute atomic E-state index is 11.0. The predicted molar refractivity (Wildman–Crippen MR) is 99.7 cm³/mol. The van der Waals surface area contributed by atoms with Crippen LogP contribution in [-0.4, -0.2) is 22.6 Å². The van der Waals surface area contributed by atoms with Gasteiger partial charge in [-0.05, 0) is 73.0 Å². The Bertz CT molecular complexity index is 864. The summed E-state index contributed by atoms with van der Waals surface area (Å²) in [6, 6.07) is 8.03. The van der Waals surface area contributed by atoms with Crippen LogP contribution < -0.4 is 5.73 Å². The summed E-state index contributed by atoms with van der Waals surface area (Å²) in [5.41, 5.74) is 11.3. The second-order valence-electron chi connectivity index (χ2n) is 6.11. The number of H-pyrrole nitrogens is 1. The molecular formula is C19H22N2O2S. The van der Waals surface area contributed by atoms with E-state index in [0.29, 0.717) is 6.54 Å². The number of aryl methyl sites for hydroxylation is 2. The first-order chi connectivity index (χ1) is 11.6. The fourth-order valence-corrected chi connectivity index (χ4v) is 4.06. The first kappa shape index (κ1) is 16.7. The van der Waals surface area contributed by atoms with Crippen molar-refractivity contribution in [2.45, 2.75) is 32.6 Å². The summed E-state index contributed by atoms with van der Waals surface area (Å²) < 4.78 is 0. The van der Waals surface area contributed by atoms with Gasteiger partial charge in [0.15, 0.2) is 0 Å². The smallest absolute Gasteiger partial charge is 0.307 e. The summed E-state index contributed by atoms with van der Waals surface area (Å²) >= 11 is 1.74. The minimum atomic E-state index is -0.802. The van der Waals surface area contributed by atoms with E-state index in [1.807, 2.05) is 18.2 Å². The monoisotopic (exact) mass is 342 g/mol. The van der Waals surface area contributed by atoms with Crippen molar-refractivity contribution in [1.29, 1.82) is 0 Å². The summed E-state index contributed by atoms with van der Waals surface area (Å²) in [6.45, 7) is 2.82. The molecule has 1 aromatic carbocycles. The van der Waals surface area contributed by atoms with Gasteiger partial charge in [-0.25, -0.2) is 0 Å². The van der Waals surface area contributed by atoms with E-state index in [4.69, 9.17) is 10.8 Å². The van der Waals surface area contributed by atoms with Crippen molar-refractivity contribution in [2.24, 2.45) is 5.73 Å². The highest BCUT2D eigenvalue weighted by molar-refractivity contribution is 7.13. The Labute approximate surface area is 145 Å². The van der Waals surface area contributed by atoms with Gasteiger partial charge in [0.1, 0.15) is 0 Å². The summed E-state index contributed by atoms with van der Waals surface area (Å²) in [5, 5.41) is 12.3. The van der Waals surface area contributed by atoms with Crippen LogP contribution in [0.2, 0.25) is 0 Å². The van der Waals surface area contributed by atoms with Gasteiger partial charge in [-0.3, -0.25) is 4.79 Å². The predicted octanol–water partition coefficient (Wildman–Crippen LogP) is 4.11. The molecule has 0 saturated carbocycles. The van der Waals surface area contributed by atoms with E-state index in [2.05, 4.69) is 23.4 Å². The summed E-state index contributed by atoms with van der Waals surface area (Å²) in [4.78, 5) is 15.8. The highest BCUT2D eigenvalue weighted by Gasteiger charge is 2.16. The largest absolute Gasteiger partial charge is 0.481 e. The van der Waals surface area contributed by atoms with Crippen LogP contribution in [0.4, 0.5) is 0 Å². The van der Waals surface area contributed by atoms with Crippen molar-refractivity contribution in [2.75, 3.05) is 6.54 Å². The molecule has 0 atom stereocenters.